The Bertz CT molecular complexity index is 525. The summed E-state index contributed by atoms with van der Waals surface area (Å²) in [5, 5.41) is 0. The van der Waals surface area contributed by atoms with Gasteiger partial charge in [-0.25, -0.2) is 0 Å². The lowest BCUT2D eigenvalue weighted by Crippen LogP contribution is -2.57. The molecule has 4 nitrogen and oxygen atoms in total. The van der Waals surface area contributed by atoms with Crippen LogP contribution in [0.1, 0.15) is 25.0 Å². The molecular formula is C15H20N2O2. The third-order valence-electron chi connectivity index (χ3n) is 3.70. The van der Waals surface area contributed by atoms with Gasteiger partial charge in [0.1, 0.15) is 6.04 Å². The molecule has 102 valence electrons. The van der Waals surface area contributed by atoms with E-state index in [2.05, 4.69) is 6.07 Å². The van der Waals surface area contributed by atoms with Crippen LogP contribution in [0.15, 0.2) is 18.2 Å². The van der Waals surface area contributed by atoms with Crippen LogP contribution in [0.2, 0.25) is 0 Å². The fourth-order valence-electron chi connectivity index (χ4n) is 2.65. The maximum atomic E-state index is 12.4. The molecule has 2 rings (SSSR count). The molecule has 1 aliphatic rings. The third-order valence-corrected chi connectivity index (χ3v) is 3.70. The van der Waals surface area contributed by atoms with Gasteiger partial charge in [-0.2, -0.15) is 0 Å². The van der Waals surface area contributed by atoms with Crippen molar-refractivity contribution in [2.45, 2.75) is 33.7 Å². The van der Waals surface area contributed by atoms with Gasteiger partial charge in [0.15, 0.2) is 0 Å². The topological polar surface area (TPSA) is 40.6 Å². The molecule has 0 bridgehead atoms. The predicted molar refractivity (Wildman–Crippen MR) is 75.1 cm³/mol. The predicted octanol–water partition coefficient (Wildman–Crippen LogP) is 1.89. The molecule has 1 aliphatic heterocycles. The van der Waals surface area contributed by atoms with Crippen LogP contribution in [0.3, 0.4) is 0 Å². The van der Waals surface area contributed by atoms with Gasteiger partial charge in [-0.1, -0.05) is 17.7 Å². The largest absolute Gasteiger partial charge is 0.329 e. The zero-order chi connectivity index (χ0) is 14.2. The average Bonchev–Trinajstić information content (AvgIpc) is 2.33. The molecule has 0 aliphatic carbocycles. The molecule has 2 amide bonds. The lowest BCUT2D eigenvalue weighted by Gasteiger charge is -2.39. The highest BCUT2D eigenvalue weighted by molar-refractivity contribution is 6.00. The number of hydrogen-bond donors (Lipinski definition) is 0. The van der Waals surface area contributed by atoms with Crippen LogP contribution in [-0.2, 0) is 9.59 Å². The van der Waals surface area contributed by atoms with Crippen LogP contribution in [0.5, 0.6) is 0 Å². The molecule has 1 aromatic rings. The summed E-state index contributed by atoms with van der Waals surface area (Å²) >= 11 is 0. The lowest BCUT2D eigenvalue weighted by atomic mass is 10.1. The first-order valence-electron chi connectivity index (χ1n) is 6.57. The van der Waals surface area contributed by atoms with Gasteiger partial charge in [0.25, 0.3) is 0 Å². The van der Waals surface area contributed by atoms with Crippen molar-refractivity contribution in [3.8, 4) is 0 Å². The van der Waals surface area contributed by atoms with E-state index in [1.807, 2.05) is 26.0 Å². The summed E-state index contributed by atoms with van der Waals surface area (Å²) in [6, 6.07) is 5.69. The Labute approximate surface area is 114 Å². The van der Waals surface area contributed by atoms with Gasteiger partial charge in [0, 0.05) is 25.7 Å². The Balaban J connectivity index is 2.28. The number of carbonyl (C=O) groups is 2. The van der Waals surface area contributed by atoms with Crippen LogP contribution in [0.25, 0.3) is 0 Å². The summed E-state index contributed by atoms with van der Waals surface area (Å²) in [5.74, 6) is -0.0467. The first-order chi connectivity index (χ1) is 8.91. The number of carbonyl (C=O) groups excluding carboxylic acids is 2. The number of nitrogens with zero attached hydrogens (tertiary/aromatic N) is 2. The van der Waals surface area contributed by atoms with Gasteiger partial charge in [0.2, 0.25) is 11.8 Å². The van der Waals surface area contributed by atoms with E-state index < -0.39 is 0 Å². The minimum Gasteiger partial charge on any atom is -0.329 e. The van der Waals surface area contributed by atoms with E-state index >= 15 is 0 Å². The molecule has 0 unspecified atom stereocenters. The molecule has 19 heavy (non-hydrogen) atoms. The van der Waals surface area contributed by atoms with Crippen molar-refractivity contribution in [2.24, 2.45) is 0 Å². The van der Waals surface area contributed by atoms with Crippen molar-refractivity contribution in [1.82, 2.24) is 4.90 Å². The van der Waals surface area contributed by atoms with Crippen LogP contribution in [-0.4, -0.2) is 35.8 Å². The Morgan fingerprint density at radius 1 is 1.26 bits per heavy atom. The molecule has 1 atom stereocenters. The second-order valence-electron chi connectivity index (χ2n) is 5.17. The van der Waals surface area contributed by atoms with E-state index in [0.717, 1.165) is 11.3 Å². The zero-order valence-corrected chi connectivity index (χ0v) is 11.9. The molecule has 0 aromatic heterocycles. The quantitative estimate of drug-likeness (QED) is 0.773. The van der Waals surface area contributed by atoms with E-state index in [-0.39, 0.29) is 17.9 Å². The smallest absolute Gasteiger partial charge is 0.249 e. The normalized spacial score (nSPS) is 19.8. The Hall–Kier alpha value is -1.84. The van der Waals surface area contributed by atoms with Gasteiger partial charge in [-0.15, -0.1) is 0 Å². The summed E-state index contributed by atoms with van der Waals surface area (Å²) in [4.78, 5) is 27.3. The van der Waals surface area contributed by atoms with E-state index in [4.69, 9.17) is 0 Å². The minimum absolute atomic E-state index is 0.00611. The summed E-state index contributed by atoms with van der Waals surface area (Å²) in [6.45, 7) is 8.50. The number of aryl methyl sites for hydroxylation is 2. The van der Waals surface area contributed by atoms with E-state index in [1.165, 1.54) is 12.5 Å². The Morgan fingerprint density at radius 3 is 2.53 bits per heavy atom. The molecule has 4 heteroatoms. The molecule has 1 heterocycles. The van der Waals surface area contributed by atoms with Gasteiger partial charge >= 0.3 is 0 Å². The molecule has 0 N–H and O–H groups in total. The summed E-state index contributed by atoms with van der Waals surface area (Å²) in [5.41, 5.74) is 3.23. The van der Waals surface area contributed by atoms with Gasteiger partial charge in [-0.05, 0) is 32.4 Å². The minimum atomic E-state index is -0.382. The highest BCUT2D eigenvalue weighted by Crippen LogP contribution is 2.24. The van der Waals surface area contributed by atoms with Gasteiger partial charge < -0.3 is 9.80 Å². The van der Waals surface area contributed by atoms with Crippen molar-refractivity contribution >= 4 is 17.5 Å². The van der Waals surface area contributed by atoms with Crippen molar-refractivity contribution < 1.29 is 9.59 Å². The zero-order valence-electron chi connectivity index (χ0n) is 11.9. The molecule has 1 aromatic carbocycles. The van der Waals surface area contributed by atoms with Crippen LogP contribution < -0.4 is 4.90 Å². The molecular weight excluding hydrogens is 240 g/mol. The Morgan fingerprint density at radius 2 is 1.95 bits per heavy atom. The third kappa shape index (κ3) is 2.48. The SMILES string of the molecule is CC(=O)N1CCN(c2ccc(C)cc2C)C(=O)[C@@H]1C. The first kappa shape index (κ1) is 13.6. The molecule has 0 spiro atoms. The number of rotatable bonds is 1. The summed E-state index contributed by atoms with van der Waals surface area (Å²) in [7, 11) is 0. The number of hydrogen-bond acceptors (Lipinski definition) is 2. The average molecular weight is 260 g/mol. The fraction of sp³-hybridized carbons (Fsp3) is 0.467. The van der Waals surface area contributed by atoms with Crippen molar-refractivity contribution in [3.05, 3.63) is 29.3 Å². The van der Waals surface area contributed by atoms with E-state index in [1.54, 1.807) is 16.7 Å². The monoisotopic (exact) mass is 260 g/mol. The number of benzene rings is 1. The van der Waals surface area contributed by atoms with Crippen molar-refractivity contribution in [1.29, 1.82) is 0 Å². The van der Waals surface area contributed by atoms with Crippen LogP contribution >= 0.6 is 0 Å². The number of amides is 2. The highest BCUT2D eigenvalue weighted by Gasteiger charge is 2.33. The van der Waals surface area contributed by atoms with Gasteiger partial charge in [0.05, 0.1) is 0 Å². The molecule has 1 saturated heterocycles. The van der Waals surface area contributed by atoms with Crippen LogP contribution in [0, 0.1) is 13.8 Å². The standard InChI is InChI=1S/C15H20N2O2/c1-10-5-6-14(11(2)9-10)17-8-7-16(13(4)18)12(3)15(17)19/h5-6,9,12H,7-8H2,1-4H3/t12-/m0/s1. The summed E-state index contributed by atoms with van der Waals surface area (Å²) < 4.78 is 0. The first-order valence-corrected chi connectivity index (χ1v) is 6.57. The molecule has 0 radical (unpaired) electrons. The summed E-state index contributed by atoms with van der Waals surface area (Å²) in [6.07, 6.45) is 0. The second-order valence-corrected chi connectivity index (χ2v) is 5.17. The van der Waals surface area contributed by atoms with Crippen molar-refractivity contribution in [2.75, 3.05) is 18.0 Å². The second kappa shape index (κ2) is 5.03. The number of anilines is 1. The van der Waals surface area contributed by atoms with E-state index in [9.17, 15) is 9.59 Å². The molecule has 1 fully saturated rings. The van der Waals surface area contributed by atoms with Crippen molar-refractivity contribution in [3.63, 3.8) is 0 Å². The molecule has 0 saturated carbocycles. The maximum absolute atomic E-state index is 12.4. The fourth-order valence-corrected chi connectivity index (χ4v) is 2.65. The van der Waals surface area contributed by atoms with Crippen LogP contribution in [0.4, 0.5) is 5.69 Å². The van der Waals surface area contributed by atoms with E-state index in [0.29, 0.717) is 13.1 Å². The Kier molecular flexibility index (Phi) is 3.60. The van der Waals surface area contributed by atoms with Gasteiger partial charge in [-0.3, -0.25) is 9.59 Å². The lowest BCUT2D eigenvalue weighted by molar-refractivity contribution is -0.139. The maximum Gasteiger partial charge on any atom is 0.249 e. The highest BCUT2D eigenvalue weighted by atomic mass is 16.2. The number of piperazine rings is 1.